The van der Waals surface area contributed by atoms with Crippen LogP contribution in [-0.4, -0.2) is 38.9 Å². The first-order valence-corrected chi connectivity index (χ1v) is 8.97. The molecule has 1 N–H and O–H groups in total. The summed E-state index contributed by atoms with van der Waals surface area (Å²) < 4.78 is 44.4. The smallest absolute Gasteiger partial charge is 0.339 e. The van der Waals surface area contributed by atoms with Gasteiger partial charge in [0.25, 0.3) is 17.7 Å². The maximum Gasteiger partial charge on any atom is 0.435 e. The van der Waals surface area contributed by atoms with E-state index in [0.29, 0.717) is 12.0 Å². The van der Waals surface area contributed by atoms with Crippen LogP contribution in [0.15, 0.2) is 10.6 Å². The maximum absolute atomic E-state index is 12.8. The lowest BCUT2D eigenvalue weighted by Gasteiger charge is -2.36. The topological polar surface area (TPSA) is 89.1 Å². The minimum absolute atomic E-state index is 0.186. The molecule has 1 aliphatic heterocycles. The van der Waals surface area contributed by atoms with Gasteiger partial charge < -0.3 is 14.7 Å². The Bertz CT molecular complexity index is 847. The highest BCUT2D eigenvalue weighted by atomic mass is 19.4. The zero-order valence-electron chi connectivity index (χ0n) is 16.2. The van der Waals surface area contributed by atoms with Gasteiger partial charge in [-0.3, -0.25) is 9.48 Å². The number of amides is 1. The second-order valence-corrected chi connectivity index (χ2v) is 7.82. The molecule has 0 aromatic carbocycles. The van der Waals surface area contributed by atoms with Crippen LogP contribution in [0.3, 0.4) is 0 Å². The third kappa shape index (κ3) is 4.28. The number of alkyl halides is 3. The molecule has 3 heterocycles. The van der Waals surface area contributed by atoms with Crippen LogP contribution in [-0.2, 0) is 13.2 Å². The molecule has 1 fully saturated rings. The van der Waals surface area contributed by atoms with Crippen molar-refractivity contribution in [2.45, 2.75) is 45.8 Å². The third-order valence-corrected chi connectivity index (χ3v) is 4.95. The van der Waals surface area contributed by atoms with E-state index in [-0.39, 0.29) is 17.0 Å². The number of hydrogen-bond acceptors (Lipinski definition) is 6. The SMILES string of the molecule is C[C@H](NC(=O)c1cc(C(F)(F)F)nn1C)c1nc(N2CCC(C)(C)CC2)no1. The first-order valence-electron chi connectivity index (χ1n) is 8.97. The Morgan fingerprint density at radius 3 is 2.54 bits per heavy atom. The first-order chi connectivity index (χ1) is 13.0. The molecule has 0 aliphatic carbocycles. The highest BCUT2D eigenvalue weighted by molar-refractivity contribution is 5.92. The molecule has 1 aliphatic rings. The van der Waals surface area contributed by atoms with Crippen molar-refractivity contribution in [2.24, 2.45) is 12.5 Å². The normalized spacial score (nSPS) is 18.2. The van der Waals surface area contributed by atoms with Crippen LogP contribution in [0, 0.1) is 5.41 Å². The van der Waals surface area contributed by atoms with Crippen molar-refractivity contribution in [3.05, 3.63) is 23.3 Å². The van der Waals surface area contributed by atoms with Crippen LogP contribution in [0.25, 0.3) is 0 Å². The Labute approximate surface area is 160 Å². The van der Waals surface area contributed by atoms with Gasteiger partial charge in [0.05, 0.1) is 0 Å². The Morgan fingerprint density at radius 2 is 1.96 bits per heavy atom. The molecule has 0 saturated carbocycles. The summed E-state index contributed by atoms with van der Waals surface area (Å²) in [4.78, 5) is 18.7. The molecule has 11 heteroatoms. The van der Waals surface area contributed by atoms with Crippen LogP contribution in [0.4, 0.5) is 19.1 Å². The van der Waals surface area contributed by atoms with Gasteiger partial charge in [0.2, 0.25) is 0 Å². The van der Waals surface area contributed by atoms with E-state index in [2.05, 4.69) is 34.4 Å². The predicted molar refractivity (Wildman–Crippen MR) is 93.6 cm³/mol. The van der Waals surface area contributed by atoms with Gasteiger partial charge in [-0.05, 0) is 30.3 Å². The summed E-state index contributed by atoms with van der Waals surface area (Å²) in [7, 11) is 1.28. The summed E-state index contributed by atoms with van der Waals surface area (Å²) in [5.41, 5.74) is -1.05. The molecule has 0 bridgehead atoms. The standard InChI is InChI=1S/C17H23F3N6O2/c1-10(21-13(27)11-9-12(17(18,19)20)23-25(11)4)14-22-15(24-28-14)26-7-5-16(2,3)6-8-26/h9-10H,5-8H2,1-4H3,(H,21,27)/t10-/m0/s1. The molecular formula is C17H23F3N6O2. The Balaban J connectivity index is 1.66. The number of nitrogens with zero attached hydrogens (tertiary/aromatic N) is 5. The van der Waals surface area contributed by atoms with E-state index in [4.69, 9.17) is 4.52 Å². The van der Waals surface area contributed by atoms with Crippen molar-refractivity contribution in [3.8, 4) is 0 Å². The van der Waals surface area contributed by atoms with E-state index in [1.807, 2.05) is 4.90 Å². The zero-order valence-corrected chi connectivity index (χ0v) is 16.2. The molecule has 154 valence electrons. The van der Waals surface area contributed by atoms with Crippen molar-refractivity contribution in [3.63, 3.8) is 0 Å². The molecular weight excluding hydrogens is 377 g/mol. The van der Waals surface area contributed by atoms with Crippen molar-refractivity contribution >= 4 is 11.9 Å². The van der Waals surface area contributed by atoms with Gasteiger partial charge >= 0.3 is 6.18 Å². The lowest BCUT2D eigenvalue weighted by molar-refractivity contribution is -0.141. The molecule has 1 saturated heterocycles. The van der Waals surface area contributed by atoms with E-state index < -0.39 is 23.8 Å². The number of carbonyl (C=O) groups is 1. The summed E-state index contributed by atoms with van der Waals surface area (Å²) >= 11 is 0. The van der Waals surface area contributed by atoms with Gasteiger partial charge in [-0.2, -0.15) is 23.3 Å². The lowest BCUT2D eigenvalue weighted by Crippen LogP contribution is -2.37. The lowest BCUT2D eigenvalue weighted by atomic mass is 9.83. The molecule has 3 rings (SSSR count). The maximum atomic E-state index is 12.8. The number of halogens is 3. The van der Waals surface area contributed by atoms with E-state index in [9.17, 15) is 18.0 Å². The van der Waals surface area contributed by atoms with E-state index in [1.165, 1.54) is 7.05 Å². The number of nitrogens with one attached hydrogen (secondary N) is 1. The van der Waals surface area contributed by atoms with Gasteiger partial charge in [0.15, 0.2) is 5.69 Å². The molecule has 2 aromatic rings. The van der Waals surface area contributed by atoms with Crippen LogP contribution < -0.4 is 10.2 Å². The predicted octanol–water partition coefficient (Wildman–Crippen LogP) is 2.94. The summed E-state index contributed by atoms with van der Waals surface area (Å²) in [6, 6.07) is 0.0377. The highest BCUT2D eigenvalue weighted by Crippen LogP contribution is 2.31. The quantitative estimate of drug-likeness (QED) is 0.849. The fourth-order valence-corrected chi connectivity index (χ4v) is 2.99. The van der Waals surface area contributed by atoms with Crippen LogP contribution in [0.1, 0.15) is 61.7 Å². The summed E-state index contributed by atoms with van der Waals surface area (Å²) in [5.74, 6) is -0.0737. The van der Waals surface area contributed by atoms with Gasteiger partial charge in [0, 0.05) is 26.2 Å². The number of piperidine rings is 1. The molecule has 0 radical (unpaired) electrons. The Hall–Kier alpha value is -2.59. The van der Waals surface area contributed by atoms with E-state index in [0.717, 1.165) is 30.6 Å². The molecule has 1 amide bonds. The summed E-state index contributed by atoms with van der Waals surface area (Å²) in [6.45, 7) is 7.66. The van der Waals surface area contributed by atoms with E-state index in [1.54, 1.807) is 6.92 Å². The molecule has 28 heavy (non-hydrogen) atoms. The Kier molecular flexibility index (Phi) is 5.11. The molecule has 0 unspecified atom stereocenters. The largest absolute Gasteiger partial charge is 0.435 e. The molecule has 1 atom stereocenters. The van der Waals surface area contributed by atoms with Crippen LogP contribution >= 0.6 is 0 Å². The number of hydrogen-bond donors (Lipinski definition) is 1. The Morgan fingerprint density at radius 1 is 1.32 bits per heavy atom. The summed E-state index contributed by atoms with van der Waals surface area (Å²) in [6.07, 6.45) is -2.61. The molecule has 0 spiro atoms. The number of carbonyl (C=O) groups excluding carboxylic acids is 1. The zero-order chi connectivity index (χ0) is 20.7. The average molecular weight is 400 g/mol. The third-order valence-electron chi connectivity index (χ3n) is 4.95. The summed E-state index contributed by atoms with van der Waals surface area (Å²) in [5, 5.41) is 9.86. The van der Waals surface area contributed by atoms with Crippen molar-refractivity contribution in [1.29, 1.82) is 0 Å². The first kappa shape index (κ1) is 20.2. The van der Waals surface area contributed by atoms with Crippen molar-refractivity contribution in [1.82, 2.24) is 25.2 Å². The van der Waals surface area contributed by atoms with Crippen molar-refractivity contribution < 1.29 is 22.5 Å². The fourth-order valence-electron chi connectivity index (χ4n) is 2.99. The van der Waals surface area contributed by atoms with Crippen LogP contribution in [0.5, 0.6) is 0 Å². The highest BCUT2D eigenvalue weighted by Gasteiger charge is 2.35. The minimum Gasteiger partial charge on any atom is -0.339 e. The second kappa shape index (κ2) is 7.10. The number of anilines is 1. The monoisotopic (exact) mass is 400 g/mol. The minimum atomic E-state index is -4.62. The van der Waals surface area contributed by atoms with E-state index >= 15 is 0 Å². The fraction of sp³-hybridized carbons (Fsp3) is 0.647. The second-order valence-electron chi connectivity index (χ2n) is 7.82. The number of aromatic nitrogens is 4. The molecule has 2 aromatic heterocycles. The van der Waals surface area contributed by atoms with Gasteiger partial charge in [-0.25, -0.2) is 0 Å². The van der Waals surface area contributed by atoms with Crippen molar-refractivity contribution in [2.75, 3.05) is 18.0 Å². The van der Waals surface area contributed by atoms with Crippen LogP contribution in [0.2, 0.25) is 0 Å². The van der Waals surface area contributed by atoms with Gasteiger partial charge in [-0.15, -0.1) is 0 Å². The van der Waals surface area contributed by atoms with Gasteiger partial charge in [-0.1, -0.05) is 13.8 Å². The number of rotatable bonds is 4. The average Bonchev–Trinajstić information content (AvgIpc) is 3.21. The van der Waals surface area contributed by atoms with Gasteiger partial charge in [0.1, 0.15) is 11.7 Å². The molecule has 8 nitrogen and oxygen atoms in total. The number of aryl methyl sites for hydroxylation is 1.